The van der Waals surface area contributed by atoms with Gasteiger partial charge in [-0.05, 0) is 55.4 Å². The summed E-state index contributed by atoms with van der Waals surface area (Å²) in [6.07, 6.45) is 7.57. The van der Waals surface area contributed by atoms with Gasteiger partial charge in [-0.2, -0.15) is 10.1 Å². The van der Waals surface area contributed by atoms with Gasteiger partial charge >= 0.3 is 0 Å². The first-order chi connectivity index (χ1) is 12.1. The number of phenols is 1. The molecule has 130 valence electrons. The fourth-order valence-corrected chi connectivity index (χ4v) is 4.18. The van der Waals surface area contributed by atoms with Crippen LogP contribution in [0.5, 0.6) is 11.5 Å². The summed E-state index contributed by atoms with van der Waals surface area (Å²) < 4.78 is 5.34. The smallest absolute Gasteiger partial charge is 0.254 e. The van der Waals surface area contributed by atoms with Crippen molar-refractivity contribution in [3.63, 3.8) is 0 Å². The van der Waals surface area contributed by atoms with E-state index in [1.165, 1.54) is 12.3 Å². The molecule has 0 radical (unpaired) electrons. The number of rotatable bonds is 4. The zero-order valence-corrected chi connectivity index (χ0v) is 14.0. The molecule has 6 heteroatoms. The number of benzene rings is 1. The number of hydrogen-bond acceptors (Lipinski definition) is 5. The van der Waals surface area contributed by atoms with Crippen LogP contribution in [0.4, 0.5) is 0 Å². The molecule has 1 heterocycles. The fraction of sp³-hybridized carbons (Fsp3) is 0.421. The predicted octanol–water partition coefficient (Wildman–Crippen LogP) is 2.32. The van der Waals surface area contributed by atoms with Gasteiger partial charge in [0.1, 0.15) is 0 Å². The highest BCUT2D eigenvalue weighted by molar-refractivity contribution is 6.06. The molecule has 1 saturated heterocycles. The molecule has 2 bridgehead atoms. The zero-order valence-electron chi connectivity index (χ0n) is 14.0. The first kappa shape index (κ1) is 15.9. The third-order valence-corrected chi connectivity index (χ3v) is 5.34. The topological polar surface area (TPSA) is 79.2 Å². The van der Waals surface area contributed by atoms with Gasteiger partial charge in [-0.25, -0.2) is 0 Å². The number of fused-ring (bicyclic) bond motifs is 1. The second-order valence-electron chi connectivity index (χ2n) is 6.73. The molecule has 0 unspecified atom stereocenters. The highest BCUT2D eigenvalue weighted by Gasteiger charge is 2.56. The molecule has 4 aliphatic rings. The van der Waals surface area contributed by atoms with Crippen LogP contribution in [-0.4, -0.2) is 34.8 Å². The highest BCUT2D eigenvalue weighted by atomic mass is 16.5. The Morgan fingerprint density at radius 2 is 1.84 bits per heavy atom. The minimum atomic E-state index is -0.257. The molecule has 0 spiro atoms. The summed E-state index contributed by atoms with van der Waals surface area (Å²) in [5.74, 6) is -0.209. The number of phenolic OH excluding ortho intramolecular Hbond substituents is 1. The van der Waals surface area contributed by atoms with Gasteiger partial charge in [0.2, 0.25) is 0 Å². The molecule has 2 amide bonds. The molecule has 6 nitrogen and oxygen atoms in total. The second-order valence-corrected chi connectivity index (χ2v) is 6.73. The Labute approximate surface area is 145 Å². The molecular weight excluding hydrogens is 320 g/mol. The number of carbonyl (C=O) groups is 2. The van der Waals surface area contributed by atoms with Crippen LogP contribution in [0, 0.1) is 23.7 Å². The van der Waals surface area contributed by atoms with Gasteiger partial charge < -0.3 is 9.84 Å². The number of aromatic hydroxyl groups is 1. The Bertz CT molecular complexity index is 754. The van der Waals surface area contributed by atoms with Gasteiger partial charge in [0, 0.05) is 0 Å². The number of allylic oxidation sites excluding steroid dienone is 2. The minimum absolute atomic E-state index is 0.0426. The van der Waals surface area contributed by atoms with E-state index in [9.17, 15) is 14.7 Å². The maximum Gasteiger partial charge on any atom is 0.254 e. The van der Waals surface area contributed by atoms with Crippen LogP contribution in [0.25, 0.3) is 0 Å². The lowest BCUT2D eigenvalue weighted by Gasteiger charge is -2.37. The first-order valence-corrected chi connectivity index (χ1v) is 8.66. The van der Waals surface area contributed by atoms with E-state index in [2.05, 4.69) is 17.3 Å². The van der Waals surface area contributed by atoms with Crippen LogP contribution in [0.3, 0.4) is 0 Å². The lowest BCUT2D eigenvalue weighted by Crippen LogP contribution is -2.38. The van der Waals surface area contributed by atoms with Gasteiger partial charge in [0.05, 0.1) is 24.7 Å². The molecule has 5 rings (SSSR count). The molecule has 1 aromatic carbocycles. The van der Waals surface area contributed by atoms with Gasteiger partial charge in [-0.1, -0.05) is 12.2 Å². The van der Waals surface area contributed by atoms with Crippen molar-refractivity contribution >= 4 is 18.0 Å². The third-order valence-electron chi connectivity index (χ3n) is 5.34. The Morgan fingerprint density at radius 1 is 1.20 bits per heavy atom. The maximum atomic E-state index is 12.7. The summed E-state index contributed by atoms with van der Waals surface area (Å²) in [5.41, 5.74) is 0.651. The van der Waals surface area contributed by atoms with E-state index in [1.807, 2.05) is 6.92 Å². The second kappa shape index (κ2) is 6.02. The van der Waals surface area contributed by atoms with E-state index in [0.29, 0.717) is 17.9 Å². The molecule has 1 saturated carbocycles. The Balaban J connectivity index is 1.57. The molecule has 3 aliphatic carbocycles. The van der Waals surface area contributed by atoms with Crippen LogP contribution in [0.2, 0.25) is 0 Å². The lowest BCUT2D eigenvalue weighted by molar-refractivity contribution is -0.140. The molecule has 25 heavy (non-hydrogen) atoms. The van der Waals surface area contributed by atoms with Crippen molar-refractivity contribution in [2.45, 2.75) is 19.8 Å². The molecule has 2 fully saturated rings. The van der Waals surface area contributed by atoms with Crippen LogP contribution >= 0.6 is 0 Å². The monoisotopic (exact) mass is 340 g/mol. The summed E-state index contributed by atoms with van der Waals surface area (Å²) in [6.45, 7) is 2.25. The van der Waals surface area contributed by atoms with Crippen molar-refractivity contribution in [1.82, 2.24) is 5.01 Å². The lowest BCUT2D eigenvalue weighted by atomic mass is 9.63. The van der Waals surface area contributed by atoms with Crippen molar-refractivity contribution in [2.24, 2.45) is 28.8 Å². The van der Waals surface area contributed by atoms with Gasteiger partial charge in [-0.3, -0.25) is 9.59 Å². The summed E-state index contributed by atoms with van der Waals surface area (Å²) >= 11 is 0. The number of hydrogen-bond donors (Lipinski definition) is 1. The fourth-order valence-electron chi connectivity index (χ4n) is 4.18. The van der Waals surface area contributed by atoms with Gasteiger partial charge in [0.25, 0.3) is 11.8 Å². The van der Waals surface area contributed by atoms with E-state index < -0.39 is 0 Å². The molecule has 0 aromatic heterocycles. The summed E-state index contributed by atoms with van der Waals surface area (Å²) in [4.78, 5) is 25.4. The minimum Gasteiger partial charge on any atom is -0.504 e. The number of nitrogens with zero attached hydrogens (tertiary/aromatic N) is 2. The Kier molecular flexibility index (Phi) is 3.82. The standard InChI is InChI=1S/C19H20N2O4/c1-2-25-15-9-11(3-8-14(15)22)10-20-21-18(23)16-12-4-5-13(7-6-12)17(16)19(21)24/h3-5,8-10,12-13,16-17,22H,2,6-7H2,1H3/b20-10+/t12-,13-,16-,17+/m0/s1. The van der Waals surface area contributed by atoms with Gasteiger partial charge in [0.15, 0.2) is 11.5 Å². The Morgan fingerprint density at radius 3 is 2.40 bits per heavy atom. The maximum absolute atomic E-state index is 12.7. The third kappa shape index (κ3) is 2.52. The van der Waals surface area contributed by atoms with Crippen molar-refractivity contribution in [1.29, 1.82) is 0 Å². The van der Waals surface area contributed by atoms with Crippen molar-refractivity contribution in [3.8, 4) is 11.5 Å². The van der Waals surface area contributed by atoms with E-state index in [1.54, 1.807) is 12.1 Å². The summed E-state index contributed by atoms with van der Waals surface area (Å²) in [7, 11) is 0. The van der Waals surface area contributed by atoms with Crippen LogP contribution in [-0.2, 0) is 9.59 Å². The molecular formula is C19H20N2O4. The predicted molar refractivity (Wildman–Crippen MR) is 91.1 cm³/mol. The van der Waals surface area contributed by atoms with Gasteiger partial charge in [-0.15, -0.1) is 0 Å². The Hall–Kier alpha value is -2.63. The molecule has 1 N–H and O–H groups in total. The van der Waals surface area contributed by atoms with Crippen molar-refractivity contribution in [3.05, 3.63) is 35.9 Å². The average Bonchev–Trinajstić information content (AvgIpc) is 2.90. The van der Waals surface area contributed by atoms with Crippen molar-refractivity contribution < 1.29 is 19.4 Å². The van der Waals surface area contributed by atoms with Crippen LogP contribution < -0.4 is 4.74 Å². The zero-order chi connectivity index (χ0) is 17.6. The quantitative estimate of drug-likeness (QED) is 0.518. The number of hydrazone groups is 1. The van der Waals surface area contributed by atoms with E-state index in [4.69, 9.17) is 4.74 Å². The van der Waals surface area contributed by atoms with E-state index >= 15 is 0 Å². The van der Waals surface area contributed by atoms with Crippen molar-refractivity contribution in [2.75, 3.05) is 6.61 Å². The highest BCUT2D eigenvalue weighted by Crippen LogP contribution is 2.49. The molecule has 4 atom stereocenters. The van der Waals surface area contributed by atoms with Crippen LogP contribution in [0.1, 0.15) is 25.3 Å². The van der Waals surface area contributed by atoms with Crippen LogP contribution in [0.15, 0.2) is 35.5 Å². The summed E-state index contributed by atoms with van der Waals surface area (Å²) in [6, 6.07) is 4.79. The molecule has 1 aliphatic heterocycles. The largest absolute Gasteiger partial charge is 0.504 e. The summed E-state index contributed by atoms with van der Waals surface area (Å²) in [5, 5.41) is 14.9. The molecule has 1 aromatic rings. The van der Waals surface area contributed by atoms with E-state index in [-0.39, 0.29) is 41.2 Å². The first-order valence-electron chi connectivity index (χ1n) is 8.66. The SMILES string of the molecule is CCOc1cc(/C=N/N2C(=O)[C@@H]3[C@H](C2=O)[C@H]2C=C[C@H]3CC2)ccc1O. The average molecular weight is 340 g/mol. The number of carbonyl (C=O) groups excluding carboxylic acids is 2. The number of amides is 2. The number of ether oxygens (including phenoxy) is 1. The normalized spacial score (nSPS) is 30.4. The number of imide groups is 1. The van der Waals surface area contributed by atoms with E-state index in [0.717, 1.165) is 17.9 Å².